The molecule has 1 atom stereocenters. The van der Waals surface area contributed by atoms with Crippen LogP contribution in [0.5, 0.6) is 0 Å². The molecule has 1 aromatic rings. The first-order valence-corrected chi connectivity index (χ1v) is 7.33. The molecule has 4 nitrogen and oxygen atoms in total. The Morgan fingerprint density at radius 3 is 2.80 bits per heavy atom. The molecule has 20 heavy (non-hydrogen) atoms. The van der Waals surface area contributed by atoms with Gasteiger partial charge in [-0.1, -0.05) is 12.1 Å². The summed E-state index contributed by atoms with van der Waals surface area (Å²) in [5, 5.41) is 0. The number of hydrogen-bond donors (Lipinski definition) is 1. The lowest BCUT2D eigenvalue weighted by Crippen LogP contribution is -2.42. The number of nitrogens with zero attached hydrogens (tertiary/aromatic N) is 1. The lowest BCUT2D eigenvalue weighted by atomic mass is 10.0. The van der Waals surface area contributed by atoms with E-state index in [2.05, 4.69) is 6.07 Å². The van der Waals surface area contributed by atoms with E-state index in [1.165, 1.54) is 17.5 Å². The summed E-state index contributed by atoms with van der Waals surface area (Å²) in [4.78, 5) is 25.6. The molecular weight excluding hydrogens is 252 g/mol. The molecule has 106 valence electrons. The summed E-state index contributed by atoms with van der Waals surface area (Å²) in [5.74, 6) is -0.225. The van der Waals surface area contributed by atoms with Crippen LogP contribution in [0.15, 0.2) is 18.2 Å². The highest BCUT2D eigenvalue weighted by Crippen LogP contribution is 2.24. The molecule has 1 fully saturated rings. The molecular formula is C16H20N2O2. The first-order chi connectivity index (χ1) is 9.65. The fourth-order valence-electron chi connectivity index (χ4n) is 3.36. The number of carbonyl (C=O) groups excluding carboxylic acids is 2. The normalized spacial score (nSPS) is 21.9. The molecule has 1 amide bonds. The molecule has 2 N–H and O–H groups in total. The predicted molar refractivity (Wildman–Crippen MR) is 76.6 cm³/mol. The van der Waals surface area contributed by atoms with Gasteiger partial charge in [-0.05, 0) is 55.8 Å². The Hall–Kier alpha value is -1.68. The largest absolute Gasteiger partial charge is 0.368 e. The molecule has 0 spiro atoms. The number of primary amides is 1. The van der Waals surface area contributed by atoms with Crippen molar-refractivity contribution in [2.45, 2.75) is 38.1 Å². The van der Waals surface area contributed by atoms with E-state index in [-0.39, 0.29) is 17.7 Å². The van der Waals surface area contributed by atoms with Gasteiger partial charge in [0.05, 0.1) is 12.6 Å². The number of aryl methyl sites for hydroxylation is 2. The van der Waals surface area contributed by atoms with Crippen LogP contribution >= 0.6 is 0 Å². The van der Waals surface area contributed by atoms with Gasteiger partial charge in [-0.2, -0.15) is 0 Å². The zero-order valence-electron chi connectivity index (χ0n) is 11.6. The van der Waals surface area contributed by atoms with Crippen LogP contribution in [0.25, 0.3) is 0 Å². The molecule has 4 heteroatoms. The minimum absolute atomic E-state index is 0.0906. The van der Waals surface area contributed by atoms with Crippen molar-refractivity contribution < 1.29 is 9.59 Å². The third-order valence-corrected chi connectivity index (χ3v) is 4.46. The van der Waals surface area contributed by atoms with E-state index in [1.807, 2.05) is 17.0 Å². The Balaban J connectivity index is 1.71. The van der Waals surface area contributed by atoms with Crippen molar-refractivity contribution in [3.05, 3.63) is 34.9 Å². The Kier molecular flexibility index (Phi) is 3.57. The second-order valence-corrected chi connectivity index (χ2v) is 5.79. The van der Waals surface area contributed by atoms with Gasteiger partial charge in [0, 0.05) is 5.56 Å². The van der Waals surface area contributed by atoms with Gasteiger partial charge in [0.25, 0.3) is 0 Å². The Bertz CT molecular complexity index is 553. The molecule has 1 heterocycles. The van der Waals surface area contributed by atoms with Gasteiger partial charge < -0.3 is 5.73 Å². The highest BCUT2D eigenvalue weighted by Gasteiger charge is 2.30. The van der Waals surface area contributed by atoms with Crippen molar-refractivity contribution in [1.82, 2.24) is 4.90 Å². The van der Waals surface area contributed by atoms with Crippen LogP contribution in [-0.4, -0.2) is 35.7 Å². The average molecular weight is 272 g/mol. The minimum atomic E-state index is -0.316. The fraction of sp³-hybridized carbons (Fsp3) is 0.500. The maximum absolute atomic E-state index is 12.4. The van der Waals surface area contributed by atoms with Crippen LogP contribution in [0.3, 0.4) is 0 Å². The third-order valence-electron chi connectivity index (χ3n) is 4.46. The minimum Gasteiger partial charge on any atom is -0.368 e. The SMILES string of the molecule is NC(=O)C1CCCN1CC(=O)c1ccc2c(c1)CCC2. The van der Waals surface area contributed by atoms with Gasteiger partial charge in [0.1, 0.15) is 0 Å². The second-order valence-electron chi connectivity index (χ2n) is 5.79. The van der Waals surface area contributed by atoms with E-state index < -0.39 is 0 Å². The van der Waals surface area contributed by atoms with Gasteiger partial charge >= 0.3 is 0 Å². The molecule has 0 saturated carbocycles. The van der Waals surface area contributed by atoms with Crippen LogP contribution in [-0.2, 0) is 17.6 Å². The van der Waals surface area contributed by atoms with Crippen LogP contribution in [0.2, 0.25) is 0 Å². The van der Waals surface area contributed by atoms with E-state index in [0.29, 0.717) is 6.54 Å². The third kappa shape index (κ3) is 2.48. The lowest BCUT2D eigenvalue weighted by molar-refractivity contribution is -0.122. The van der Waals surface area contributed by atoms with Gasteiger partial charge in [0.2, 0.25) is 5.91 Å². The average Bonchev–Trinajstić information content (AvgIpc) is 3.05. The van der Waals surface area contributed by atoms with Crippen LogP contribution < -0.4 is 5.73 Å². The fourth-order valence-corrected chi connectivity index (χ4v) is 3.36. The second kappa shape index (κ2) is 5.37. The van der Waals surface area contributed by atoms with E-state index in [0.717, 1.165) is 37.8 Å². The first kappa shape index (κ1) is 13.3. The van der Waals surface area contributed by atoms with Gasteiger partial charge in [-0.15, -0.1) is 0 Å². The van der Waals surface area contributed by atoms with Crippen LogP contribution in [0.1, 0.15) is 40.7 Å². The molecule has 1 saturated heterocycles. The summed E-state index contributed by atoms with van der Waals surface area (Å²) in [6, 6.07) is 5.75. The van der Waals surface area contributed by atoms with Crippen molar-refractivity contribution in [2.24, 2.45) is 5.73 Å². The summed E-state index contributed by atoms with van der Waals surface area (Å²) in [5.41, 5.74) is 8.83. The zero-order chi connectivity index (χ0) is 14.1. The monoisotopic (exact) mass is 272 g/mol. The smallest absolute Gasteiger partial charge is 0.234 e. The lowest BCUT2D eigenvalue weighted by Gasteiger charge is -2.20. The Labute approximate surface area is 118 Å². The topological polar surface area (TPSA) is 63.4 Å². The molecule has 1 aliphatic heterocycles. The van der Waals surface area contributed by atoms with E-state index in [4.69, 9.17) is 5.73 Å². The number of rotatable bonds is 4. The Morgan fingerprint density at radius 1 is 1.20 bits per heavy atom. The highest BCUT2D eigenvalue weighted by atomic mass is 16.1. The number of amides is 1. The maximum Gasteiger partial charge on any atom is 0.234 e. The molecule has 1 unspecified atom stereocenters. The molecule has 2 aliphatic rings. The van der Waals surface area contributed by atoms with Crippen molar-refractivity contribution in [3.8, 4) is 0 Å². The van der Waals surface area contributed by atoms with E-state index >= 15 is 0 Å². The number of hydrogen-bond acceptors (Lipinski definition) is 3. The van der Waals surface area contributed by atoms with Gasteiger partial charge in [-0.25, -0.2) is 0 Å². The summed E-state index contributed by atoms with van der Waals surface area (Å²) in [6.45, 7) is 1.08. The summed E-state index contributed by atoms with van der Waals surface area (Å²) in [6.07, 6.45) is 5.09. The first-order valence-electron chi connectivity index (χ1n) is 7.33. The highest BCUT2D eigenvalue weighted by molar-refractivity contribution is 5.98. The number of fused-ring (bicyclic) bond motifs is 1. The summed E-state index contributed by atoms with van der Waals surface area (Å²) in [7, 11) is 0. The van der Waals surface area contributed by atoms with Gasteiger partial charge in [-0.3, -0.25) is 14.5 Å². The van der Waals surface area contributed by atoms with Crippen molar-refractivity contribution >= 4 is 11.7 Å². The van der Waals surface area contributed by atoms with Crippen molar-refractivity contribution in [2.75, 3.05) is 13.1 Å². The molecule has 3 rings (SSSR count). The predicted octanol–water partition coefficient (Wildman–Crippen LogP) is 1.31. The summed E-state index contributed by atoms with van der Waals surface area (Å²) >= 11 is 0. The number of nitrogens with two attached hydrogens (primary N) is 1. The number of likely N-dealkylation sites (tertiary alicyclic amines) is 1. The number of ketones is 1. The summed E-state index contributed by atoms with van der Waals surface area (Å²) < 4.78 is 0. The number of carbonyl (C=O) groups is 2. The van der Waals surface area contributed by atoms with E-state index in [1.54, 1.807) is 0 Å². The maximum atomic E-state index is 12.4. The molecule has 0 bridgehead atoms. The number of Topliss-reactive ketones (excluding diaryl/α,β-unsaturated/α-hetero) is 1. The zero-order valence-corrected chi connectivity index (χ0v) is 11.6. The molecule has 0 aromatic heterocycles. The van der Waals surface area contributed by atoms with Crippen molar-refractivity contribution in [1.29, 1.82) is 0 Å². The van der Waals surface area contributed by atoms with Gasteiger partial charge in [0.15, 0.2) is 5.78 Å². The molecule has 1 aliphatic carbocycles. The van der Waals surface area contributed by atoms with Crippen LogP contribution in [0.4, 0.5) is 0 Å². The van der Waals surface area contributed by atoms with Crippen LogP contribution in [0, 0.1) is 0 Å². The quantitative estimate of drug-likeness (QED) is 0.841. The molecule has 0 radical (unpaired) electrons. The standard InChI is InChI=1S/C16H20N2O2/c17-16(20)14-5-2-8-18(14)10-15(19)13-7-6-11-3-1-4-12(11)9-13/h6-7,9,14H,1-5,8,10H2,(H2,17,20). The van der Waals surface area contributed by atoms with E-state index in [9.17, 15) is 9.59 Å². The van der Waals surface area contributed by atoms with Crippen molar-refractivity contribution in [3.63, 3.8) is 0 Å². The number of benzene rings is 1. The Morgan fingerprint density at radius 2 is 2.00 bits per heavy atom. The molecule has 1 aromatic carbocycles.